The first-order chi connectivity index (χ1) is 12.6. The van der Waals surface area contributed by atoms with Crippen molar-refractivity contribution in [1.29, 1.82) is 0 Å². The Hall–Kier alpha value is -3.08. The molecule has 0 fully saturated rings. The van der Waals surface area contributed by atoms with E-state index >= 15 is 0 Å². The van der Waals surface area contributed by atoms with Crippen molar-refractivity contribution in [3.63, 3.8) is 0 Å². The molecule has 132 valence electrons. The summed E-state index contributed by atoms with van der Waals surface area (Å²) < 4.78 is 1.82. The number of hydrogen-bond acceptors (Lipinski definition) is 3. The zero-order valence-electron chi connectivity index (χ0n) is 14.9. The second-order valence-electron chi connectivity index (χ2n) is 6.69. The maximum Gasteiger partial charge on any atom is 0.226 e. The number of phenols is 1. The van der Waals surface area contributed by atoms with Crippen LogP contribution in [0.15, 0.2) is 48.7 Å². The number of nitrogens with one attached hydrogen (secondary N) is 1. The maximum absolute atomic E-state index is 12.4. The van der Waals surface area contributed by atoms with E-state index in [1.54, 1.807) is 6.07 Å². The highest BCUT2D eigenvalue weighted by atomic mass is 16.3. The number of nitrogens with zero attached hydrogens (tertiary/aromatic N) is 2. The lowest BCUT2D eigenvalue weighted by molar-refractivity contribution is -0.116. The highest BCUT2D eigenvalue weighted by Gasteiger charge is 2.30. The van der Waals surface area contributed by atoms with Gasteiger partial charge in [-0.1, -0.05) is 37.3 Å². The predicted octanol–water partition coefficient (Wildman–Crippen LogP) is 3.92. The molecule has 3 aromatic rings. The fourth-order valence-corrected chi connectivity index (χ4v) is 3.61. The number of rotatable bonds is 3. The Kier molecular flexibility index (Phi) is 3.99. The molecule has 1 aliphatic heterocycles. The van der Waals surface area contributed by atoms with Crippen LogP contribution >= 0.6 is 0 Å². The van der Waals surface area contributed by atoms with Crippen LogP contribution in [0.1, 0.15) is 41.5 Å². The summed E-state index contributed by atoms with van der Waals surface area (Å²) in [6.45, 7) is 3.97. The first-order valence-electron chi connectivity index (χ1n) is 8.84. The van der Waals surface area contributed by atoms with Gasteiger partial charge in [0.05, 0.1) is 11.9 Å². The molecule has 2 N–H and O–H groups in total. The van der Waals surface area contributed by atoms with Crippen LogP contribution in [-0.4, -0.2) is 20.8 Å². The third-order valence-corrected chi connectivity index (χ3v) is 5.04. The number of benzene rings is 2. The molecule has 0 saturated heterocycles. The van der Waals surface area contributed by atoms with Crippen molar-refractivity contribution in [3.8, 4) is 11.4 Å². The molecule has 1 atom stereocenters. The number of aromatic hydroxyl groups is 1. The smallest absolute Gasteiger partial charge is 0.226 e. The van der Waals surface area contributed by atoms with Gasteiger partial charge in [0, 0.05) is 17.9 Å². The van der Waals surface area contributed by atoms with Gasteiger partial charge in [0.15, 0.2) is 0 Å². The standard InChI is InChI=1S/C21H21N3O2/c1-3-14-6-4-5-7-18(14)24-21-17(12-22-24)16(11-20(26)23-21)15-8-9-19(25)13(2)10-15/h4-10,12,16,25H,3,11H2,1-2H3,(H,23,26). The largest absolute Gasteiger partial charge is 0.508 e. The first-order valence-corrected chi connectivity index (χ1v) is 8.84. The molecule has 0 radical (unpaired) electrons. The number of phenolic OH excluding ortho intramolecular Hbond substituents is 1. The molecule has 5 heteroatoms. The van der Waals surface area contributed by atoms with Crippen LogP contribution in [0.25, 0.3) is 5.69 Å². The van der Waals surface area contributed by atoms with E-state index in [0.29, 0.717) is 6.42 Å². The molecule has 0 saturated carbocycles. The molecule has 0 spiro atoms. The molecule has 4 rings (SSSR count). The van der Waals surface area contributed by atoms with Gasteiger partial charge in [0.2, 0.25) is 5.91 Å². The number of fused-ring (bicyclic) bond motifs is 1. The lowest BCUT2D eigenvalue weighted by atomic mass is 9.86. The minimum absolute atomic E-state index is 0.0241. The minimum Gasteiger partial charge on any atom is -0.508 e. The summed E-state index contributed by atoms with van der Waals surface area (Å²) in [4.78, 5) is 12.4. The van der Waals surface area contributed by atoms with Crippen LogP contribution in [0, 0.1) is 6.92 Å². The third-order valence-electron chi connectivity index (χ3n) is 5.04. The highest BCUT2D eigenvalue weighted by molar-refractivity contribution is 5.94. The topological polar surface area (TPSA) is 67.2 Å². The van der Waals surface area contributed by atoms with E-state index in [4.69, 9.17) is 0 Å². The van der Waals surface area contributed by atoms with Gasteiger partial charge in [-0.25, -0.2) is 4.68 Å². The summed E-state index contributed by atoms with van der Waals surface area (Å²) in [6, 6.07) is 13.6. The van der Waals surface area contributed by atoms with Crippen LogP contribution in [0.4, 0.5) is 5.82 Å². The Bertz CT molecular complexity index is 991. The zero-order valence-corrected chi connectivity index (χ0v) is 14.9. The van der Waals surface area contributed by atoms with Crippen molar-refractivity contribution in [2.45, 2.75) is 32.6 Å². The number of aryl methyl sites for hydroxylation is 2. The first kappa shape index (κ1) is 16.4. The molecule has 1 aromatic heterocycles. The molecule has 1 unspecified atom stereocenters. The molecule has 2 heterocycles. The molecule has 1 aliphatic rings. The van der Waals surface area contributed by atoms with Gasteiger partial charge < -0.3 is 10.4 Å². The van der Waals surface area contributed by atoms with Gasteiger partial charge in [-0.2, -0.15) is 5.10 Å². The minimum atomic E-state index is -0.0689. The normalized spacial score (nSPS) is 16.2. The molecular weight excluding hydrogens is 326 g/mol. The molecule has 0 aliphatic carbocycles. The Morgan fingerprint density at radius 1 is 1.27 bits per heavy atom. The fourth-order valence-electron chi connectivity index (χ4n) is 3.61. The van der Waals surface area contributed by atoms with Crippen LogP contribution in [0.2, 0.25) is 0 Å². The molecule has 26 heavy (non-hydrogen) atoms. The van der Waals surface area contributed by atoms with Crippen molar-refractivity contribution in [2.75, 3.05) is 5.32 Å². The van der Waals surface area contributed by atoms with E-state index in [2.05, 4.69) is 23.4 Å². The van der Waals surface area contributed by atoms with Gasteiger partial charge in [-0.3, -0.25) is 4.79 Å². The molecule has 2 aromatic carbocycles. The average molecular weight is 347 g/mol. The number of para-hydroxylation sites is 1. The second-order valence-corrected chi connectivity index (χ2v) is 6.69. The van der Waals surface area contributed by atoms with Gasteiger partial charge in [0.1, 0.15) is 11.6 Å². The Labute approximate surface area is 152 Å². The molecule has 0 bridgehead atoms. The van der Waals surface area contributed by atoms with Crippen molar-refractivity contribution < 1.29 is 9.90 Å². The number of hydrogen-bond donors (Lipinski definition) is 2. The van der Waals surface area contributed by atoms with E-state index in [9.17, 15) is 9.90 Å². The van der Waals surface area contributed by atoms with Crippen LogP contribution in [-0.2, 0) is 11.2 Å². The summed E-state index contributed by atoms with van der Waals surface area (Å²) in [7, 11) is 0. The zero-order chi connectivity index (χ0) is 18.3. The summed E-state index contributed by atoms with van der Waals surface area (Å²) >= 11 is 0. The van der Waals surface area contributed by atoms with E-state index in [1.807, 2.05) is 48.1 Å². The van der Waals surface area contributed by atoms with Crippen LogP contribution in [0.5, 0.6) is 5.75 Å². The maximum atomic E-state index is 12.4. The van der Waals surface area contributed by atoms with E-state index in [0.717, 1.165) is 34.6 Å². The van der Waals surface area contributed by atoms with Gasteiger partial charge in [-0.05, 0) is 42.2 Å². The lowest BCUT2D eigenvalue weighted by Crippen LogP contribution is -2.24. The van der Waals surface area contributed by atoms with E-state index < -0.39 is 0 Å². The molecular formula is C21H21N3O2. The van der Waals surface area contributed by atoms with E-state index in [-0.39, 0.29) is 17.6 Å². The number of carbonyl (C=O) groups excluding carboxylic acids is 1. The quantitative estimate of drug-likeness (QED) is 0.754. The second kappa shape index (κ2) is 6.33. The number of aromatic nitrogens is 2. The summed E-state index contributed by atoms with van der Waals surface area (Å²) in [5.74, 6) is 0.907. The monoisotopic (exact) mass is 347 g/mol. The summed E-state index contributed by atoms with van der Waals surface area (Å²) in [5, 5.41) is 17.4. The molecule has 1 amide bonds. The van der Waals surface area contributed by atoms with Crippen molar-refractivity contribution >= 4 is 11.7 Å². The van der Waals surface area contributed by atoms with Gasteiger partial charge in [0.25, 0.3) is 0 Å². The SMILES string of the molecule is CCc1ccccc1-n1ncc2c1NC(=O)CC2c1ccc(O)c(C)c1. The Morgan fingerprint density at radius 3 is 2.85 bits per heavy atom. The number of amides is 1. The van der Waals surface area contributed by atoms with Crippen molar-refractivity contribution in [2.24, 2.45) is 0 Å². The van der Waals surface area contributed by atoms with E-state index in [1.165, 1.54) is 5.56 Å². The number of carbonyl (C=O) groups is 1. The predicted molar refractivity (Wildman–Crippen MR) is 101 cm³/mol. The average Bonchev–Trinajstić information content (AvgIpc) is 3.06. The summed E-state index contributed by atoms with van der Waals surface area (Å²) in [6.07, 6.45) is 3.10. The number of anilines is 1. The van der Waals surface area contributed by atoms with Crippen LogP contribution in [0.3, 0.4) is 0 Å². The molecule has 5 nitrogen and oxygen atoms in total. The Balaban J connectivity index is 1.84. The van der Waals surface area contributed by atoms with Crippen LogP contribution < -0.4 is 5.32 Å². The van der Waals surface area contributed by atoms with Crippen molar-refractivity contribution in [1.82, 2.24) is 9.78 Å². The van der Waals surface area contributed by atoms with Crippen molar-refractivity contribution in [3.05, 3.63) is 70.9 Å². The lowest BCUT2D eigenvalue weighted by Gasteiger charge is -2.24. The summed E-state index contributed by atoms with van der Waals surface area (Å²) in [5.41, 5.74) is 4.98. The Morgan fingerprint density at radius 2 is 2.08 bits per heavy atom. The van der Waals surface area contributed by atoms with Gasteiger partial charge in [-0.15, -0.1) is 0 Å². The fraction of sp³-hybridized carbons (Fsp3) is 0.238. The highest BCUT2D eigenvalue weighted by Crippen LogP contribution is 2.39. The third kappa shape index (κ3) is 2.65. The van der Waals surface area contributed by atoms with Gasteiger partial charge >= 0.3 is 0 Å².